The first-order valence-corrected chi connectivity index (χ1v) is 8.59. The Morgan fingerprint density at radius 3 is 2.54 bits per heavy atom. The monoisotopic (exact) mass is 390 g/mol. The third-order valence-electron chi connectivity index (χ3n) is 3.56. The third-order valence-corrected chi connectivity index (χ3v) is 4.13. The van der Waals surface area contributed by atoms with Crippen LogP contribution in [0.3, 0.4) is 0 Å². The zero-order valence-electron chi connectivity index (χ0n) is 14.0. The zero-order valence-corrected chi connectivity index (χ0v) is 15.5. The summed E-state index contributed by atoms with van der Waals surface area (Å²) in [6.07, 6.45) is -0.905. The number of ether oxygens (including phenoxy) is 1. The molecule has 1 amide bonds. The van der Waals surface area contributed by atoms with Crippen molar-refractivity contribution in [2.75, 3.05) is 11.4 Å². The minimum Gasteiger partial charge on any atom is -0.449 e. The Morgan fingerprint density at radius 1 is 1.19 bits per heavy atom. The number of carbonyl (C=O) groups excluding carboxylic acids is 2. The van der Waals surface area contributed by atoms with Gasteiger partial charge in [-0.1, -0.05) is 41.4 Å². The maximum atomic E-state index is 12.7. The SMILES string of the molecule is CC(OC(=O)c1cc(Cl)ccc1Cl)C(=O)N(CCC#N)c1ccccc1. The number of para-hydroxylation sites is 1. The number of hydrogen-bond acceptors (Lipinski definition) is 4. The average Bonchev–Trinajstić information content (AvgIpc) is 2.64. The van der Waals surface area contributed by atoms with Crippen LogP contribution in [0.1, 0.15) is 23.7 Å². The van der Waals surface area contributed by atoms with Crippen LogP contribution in [-0.2, 0) is 9.53 Å². The van der Waals surface area contributed by atoms with E-state index in [0.29, 0.717) is 10.7 Å². The second-order valence-electron chi connectivity index (χ2n) is 5.41. The summed E-state index contributed by atoms with van der Waals surface area (Å²) in [5.74, 6) is -1.18. The minimum atomic E-state index is -1.06. The van der Waals surface area contributed by atoms with Gasteiger partial charge in [0, 0.05) is 17.3 Å². The predicted molar refractivity (Wildman–Crippen MR) is 100 cm³/mol. The van der Waals surface area contributed by atoms with Gasteiger partial charge in [0.25, 0.3) is 5.91 Å². The fraction of sp³-hybridized carbons (Fsp3) is 0.211. The Labute approximate surface area is 161 Å². The van der Waals surface area contributed by atoms with Crippen LogP contribution in [-0.4, -0.2) is 24.5 Å². The van der Waals surface area contributed by atoms with Crippen LogP contribution < -0.4 is 4.90 Å². The standard InChI is InChI=1S/C19H16Cl2N2O3/c1-13(26-19(25)16-12-14(20)8-9-17(16)21)18(24)23(11-5-10-22)15-6-3-2-4-7-15/h2-4,6-9,12-13H,5,11H2,1H3. The Bertz CT molecular complexity index is 834. The van der Waals surface area contributed by atoms with Gasteiger partial charge in [0.15, 0.2) is 6.10 Å². The fourth-order valence-electron chi connectivity index (χ4n) is 2.28. The second kappa shape index (κ2) is 9.23. The highest BCUT2D eigenvalue weighted by Gasteiger charge is 2.26. The lowest BCUT2D eigenvalue weighted by atomic mass is 10.2. The molecule has 0 bridgehead atoms. The van der Waals surface area contributed by atoms with Crippen LogP contribution in [0.5, 0.6) is 0 Å². The molecule has 1 atom stereocenters. The molecule has 0 aliphatic carbocycles. The molecule has 0 N–H and O–H groups in total. The van der Waals surface area contributed by atoms with Gasteiger partial charge in [0.05, 0.1) is 23.1 Å². The molecule has 7 heteroatoms. The number of nitrogens with zero attached hydrogens (tertiary/aromatic N) is 2. The van der Waals surface area contributed by atoms with Crippen LogP contribution in [0.2, 0.25) is 10.0 Å². The van der Waals surface area contributed by atoms with E-state index >= 15 is 0 Å². The van der Waals surface area contributed by atoms with Gasteiger partial charge in [0.2, 0.25) is 0 Å². The first kappa shape index (κ1) is 19.8. The van der Waals surface area contributed by atoms with Crippen molar-refractivity contribution in [3.63, 3.8) is 0 Å². The molecule has 5 nitrogen and oxygen atoms in total. The van der Waals surface area contributed by atoms with Crippen LogP contribution >= 0.6 is 23.2 Å². The molecule has 1 unspecified atom stereocenters. The molecule has 2 rings (SSSR count). The number of esters is 1. The van der Waals surface area contributed by atoms with Crippen molar-refractivity contribution in [1.29, 1.82) is 5.26 Å². The highest BCUT2D eigenvalue weighted by molar-refractivity contribution is 6.35. The largest absolute Gasteiger partial charge is 0.449 e. The Kier molecular flexibility index (Phi) is 7.02. The molecule has 0 saturated carbocycles. The van der Waals surface area contributed by atoms with Crippen LogP contribution in [0.15, 0.2) is 48.5 Å². The summed E-state index contributed by atoms with van der Waals surface area (Å²) in [4.78, 5) is 26.5. The topological polar surface area (TPSA) is 70.4 Å². The molecule has 0 aromatic heterocycles. The first-order chi connectivity index (χ1) is 12.4. The smallest absolute Gasteiger partial charge is 0.340 e. The van der Waals surface area contributed by atoms with Crippen molar-refractivity contribution in [3.8, 4) is 6.07 Å². The predicted octanol–water partition coefficient (Wildman–Crippen LogP) is 4.49. The van der Waals surface area contributed by atoms with Crippen LogP contribution in [0, 0.1) is 11.3 Å². The molecule has 0 fully saturated rings. The number of hydrogen-bond donors (Lipinski definition) is 0. The lowest BCUT2D eigenvalue weighted by Gasteiger charge is -2.25. The van der Waals surface area contributed by atoms with Gasteiger partial charge >= 0.3 is 5.97 Å². The number of amides is 1. The second-order valence-corrected chi connectivity index (χ2v) is 6.25. The zero-order chi connectivity index (χ0) is 19.1. The summed E-state index contributed by atoms with van der Waals surface area (Å²) in [5.41, 5.74) is 0.707. The molecule has 26 heavy (non-hydrogen) atoms. The lowest BCUT2D eigenvalue weighted by molar-refractivity contribution is -0.126. The van der Waals surface area contributed by atoms with E-state index in [0.717, 1.165) is 0 Å². The van der Waals surface area contributed by atoms with Gasteiger partial charge in [0.1, 0.15) is 0 Å². The maximum Gasteiger partial charge on any atom is 0.340 e. The quantitative estimate of drug-likeness (QED) is 0.681. The highest BCUT2D eigenvalue weighted by Crippen LogP contribution is 2.22. The van der Waals surface area contributed by atoms with Gasteiger partial charge in [-0.3, -0.25) is 4.79 Å². The number of nitriles is 1. The van der Waals surface area contributed by atoms with Gasteiger partial charge in [-0.2, -0.15) is 5.26 Å². The summed E-state index contributed by atoms with van der Waals surface area (Å²) in [5, 5.41) is 9.35. The number of rotatable bonds is 6. The van der Waals surface area contributed by atoms with E-state index in [1.807, 2.05) is 12.1 Å². The van der Waals surface area contributed by atoms with Crippen molar-refractivity contribution < 1.29 is 14.3 Å². The summed E-state index contributed by atoms with van der Waals surface area (Å²) in [7, 11) is 0. The molecule has 0 heterocycles. The molecular weight excluding hydrogens is 375 g/mol. The first-order valence-electron chi connectivity index (χ1n) is 7.83. The minimum absolute atomic E-state index is 0.0853. The fourth-order valence-corrected chi connectivity index (χ4v) is 2.65. The van der Waals surface area contributed by atoms with Crippen molar-refractivity contribution in [1.82, 2.24) is 0 Å². The van der Waals surface area contributed by atoms with E-state index in [1.165, 1.54) is 24.0 Å². The summed E-state index contributed by atoms with van der Waals surface area (Å²) < 4.78 is 5.26. The van der Waals surface area contributed by atoms with Gasteiger partial charge in [-0.05, 0) is 37.3 Å². The number of carbonyl (C=O) groups is 2. The molecule has 0 radical (unpaired) electrons. The number of anilines is 1. The Morgan fingerprint density at radius 2 is 1.88 bits per heavy atom. The Balaban J connectivity index is 2.16. The van der Waals surface area contributed by atoms with E-state index in [4.69, 9.17) is 33.2 Å². The molecule has 0 spiro atoms. The lowest BCUT2D eigenvalue weighted by Crippen LogP contribution is -2.40. The van der Waals surface area contributed by atoms with E-state index in [2.05, 4.69) is 0 Å². The van der Waals surface area contributed by atoms with Crippen molar-refractivity contribution >= 4 is 40.8 Å². The number of benzene rings is 2. The van der Waals surface area contributed by atoms with E-state index in [-0.39, 0.29) is 23.6 Å². The number of halogens is 2. The van der Waals surface area contributed by atoms with Crippen LogP contribution in [0.4, 0.5) is 5.69 Å². The molecule has 2 aromatic carbocycles. The van der Waals surface area contributed by atoms with E-state index < -0.39 is 18.0 Å². The van der Waals surface area contributed by atoms with Crippen molar-refractivity contribution in [2.45, 2.75) is 19.4 Å². The normalized spacial score (nSPS) is 11.3. The Hall–Kier alpha value is -2.55. The summed E-state index contributed by atoms with van der Waals surface area (Å²) in [6, 6.07) is 15.3. The molecule has 2 aromatic rings. The highest BCUT2D eigenvalue weighted by atomic mass is 35.5. The maximum absolute atomic E-state index is 12.7. The van der Waals surface area contributed by atoms with E-state index in [9.17, 15) is 9.59 Å². The van der Waals surface area contributed by atoms with Gasteiger partial charge < -0.3 is 9.64 Å². The summed E-state index contributed by atoms with van der Waals surface area (Å²) >= 11 is 11.9. The summed E-state index contributed by atoms with van der Waals surface area (Å²) in [6.45, 7) is 1.67. The van der Waals surface area contributed by atoms with Crippen LogP contribution in [0.25, 0.3) is 0 Å². The van der Waals surface area contributed by atoms with E-state index in [1.54, 1.807) is 30.3 Å². The van der Waals surface area contributed by atoms with Crippen molar-refractivity contribution in [3.05, 3.63) is 64.1 Å². The van der Waals surface area contributed by atoms with Gasteiger partial charge in [-0.15, -0.1) is 0 Å². The molecule has 0 saturated heterocycles. The molecular formula is C19H16Cl2N2O3. The molecule has 0 aliphatic heterocycles. The van der Waals surface area contributed by atoms with Gasteiger partial charge in [-0.25, -0.2) is 4.79 Å². The average molecular weight is 391 g/mol. The van der Waals surface area contributed by atoms with Crippen molar-refractivity contribution in [2.24, 2.45) is 0 Å². The molecule has 0 aliphatic rings. The third kappa shape index (κ3) is 4.98. The molecule has 134 valence electrons.